The zero-order valence-electron chi connectivity index (χ0n) is 18.8. The number of benzene rings is 2. The first kappa shape index (κ1) is 22.4. The van der Waals surface area contributed by atoms with E-state index in [0.29, 0.717) is 19.6 Å². The van der Waals surface area contributed by atoms with E-state index in [2.05, 4.69) is 28.9 Å². The summed E-state index contributed by atoms with van der Waals surface area (Å²) in [5.41, 5.74) is 1.65. The molecule has 0 aliphatic carbocycles. The lowest BCUT2D eigenvalue weighted by atomic mass is 9.96. The molecule has 0 amide bonds. The van der Waals surface area contributed by atoms with Gasteiger partial charge in [-0.05, 0) is 62.6 Å². The third-order valence-corrected chi connectivity index (χ3v) is 6.02. The minimum Gasteiger partial charge on any atom is -0.492 e. The van der Waals surface area contributed by atoms with Crippen LogP contribution < -0.4 is 9.47 Å². The average Bonchev–Trinajstić information content (AvgIpc) is 3.24. The average molecular weight is 436 g/mol. The Balaban J connectivity index is 1.25. The first-order valence-corrected chi connectivity index (χ1v) is 11.4. The third kappa shape index (κ3) is 6.58. The van der Waals surface area contributed by atoms with Gasteiger partial charge < -0.3 is 19.1 Å². The highest BCUT2D eigenvalue weighted by Crippen LogP contribution is 2.25. The minimum absolute atomic E-state index is 0.337. The van der Waals surface area contributed by atoms with E-state index in [1.54, 1.807) is 12.5 Å². The summed E-state index contributed by atoms with van der Waals surface area (Å²) in [6.45, 7) is 6.45. The Kier molecular flexibility index (Phi) is 7.45. The number of aromatic nitrogens is 2. The predicted octanol–water partition coefficient (Wildman–Crippen LogP) is 4.07. The van der Waals surface area contributed by atoms with E-state index in [0.717, 1.165) is 50.5 Å². The molecule has 1 N–H and O–H groups in total. The second-order valence-electron chi connectivity index (χ2n) is 8.75. The van der Waals surface area contributed by atoms with Crippen molar-refractivity contribution >= 4 is 0 Å². The number of likely N-dealkylation sites (tertiary alicyclic amines) is 1. The van der Waals surface area contributed by atoms with Gasteiger partial charge in [-0.2, -0.15) is 0 Å². The maximum atomic E-state index is 11.1. The number of hydrogen-bond acceptors (Lipinski definition) is 5. The van der Waals surface area contributed by atoms with Gasteiger partial charge in [0.05, 0.1) is 18.5 Å². The Morgan fingerprint density at radius 1 is 1.03 bits per heavy atom. The fraction of sp³-hybridized carbons (Fsp3) is 0.423. The smallest absolute Gasteiger partial charge is 0.119 e. The Bertz CT molecular complexity index is 959. The highest BCUT2D eigenvalue weighted by atomic mass is 16.5. The van der Waals surface area contributed by atoms with E-state index >= 15 is 0 Å². The summed E-state index contributed by atoms with van der Waals surface area (Å²) in [6, 6.07) is 16.3. The standard InChI is InChI=1S/C26H33N3O3/c1-22-6-8-24(9-7-22)32-20-26(30)10-3-13-28(14-11-26)19-23-4-2-5-25(18-23)31-17-16-29-15-12-27-21-29/h2,4-9,12,15,18,21,30H,3,10-11,13-14,16-17,19-20H2,1H3. The molecule has 0 saturated carbocycles. The summed E-state index contributed by atoms with van der Waals surface area (Å²) in [6.07, 6.45) is 7.93. The zero-order chi connectivity index (χ0) is 22.2. The van der Waals surface area contributed by atoms with Crippen LogP contribution >= 0.6 is 0 Å². The van der Waals surface area contributed by atoms with Gasteiger partial charge in [-0.25, -0.2) is 4.98 Å². The molecule has 3 aromatic rings. The van der Waals surface area contributed by atoms with Crippen LogP contribution in [0.4, 0.5) is 0 Å². The van der Waals surface area contributed by atoms with Crippen LogP contribution in [0.1, 0.15) is 30.4 Å². The number of hydrogen-bond donors (Lipinski definition) is 1. The molecule has 6 nitrogen and oxygen atoms in total. The molecular weight excluding hydrogens is 402 g/mol. The first-order chi connectivity index (χ1) is 15.6. The van der Waals surface area contributed by atoms with Crippen LogP contribution in [0, 0.1) is 6.92 Å². The van der Waals surface area contributed by atoms with Gasteiger partial charge in [0, 0.05) is 25.5 Å². The van der Waals surface area contributed by atoms with E-state index < -0.39 is 5.60 Å². The summed E-state index contributed by atoms with van der Waals surface area (Å²) >= 11 is 0. The lowest BCUT2D eigenvalue weighted by Gasteiger charge is -2.27. The second kappa shape index (κ2) is 10.7. The van der Waals surface area contributed by atoms with Gasteiger partial charge in [0.1, 0.15) is 24.7 Å². The van der Waals surface area contributed by atoms with Crippen molar-refractivity contribution in [3.05, 3.63) is 78.4 Å². The molecule has 0 bridgehead atoms. The number of aliphatic hydroxyl groups is 1. The fourth-order valence-corrected chi connectivity index (χ4v) is 4.07. The van der Waals surface area contributed by atoms with E-state index in [4.69, 9.17) is 9.47 Å². The Morgan fingerprint density at radius 2 is 1.91 bits per heavy atom. The molecule has 4 rings (SSSR count). The van der Waals surface area contributed by atoms with Crippen molar-refractivity contribution in [2.75, 3.05) is 26.3 Å². The van der Waals surface area contributed by atoms with Crippen molar-refractivity contribution in [3.8, 4) is 11.5 Å². The number of ether oxygens (including phenoxy) is 2. The highest BCUT2D eigenvalue weighted by molar-refractivity contribution is 5.28. The summed E-state index contributed by atoms with van der Waals surface area (Å²) < 4.78 is 13.8. The predicted molar refractivity (Wildman–Crippen MR) is 125 cm³/mol. The zero-order valence-corrected chi connectivity index (χ0v) is 18.8. The molecule has 1 aromatic heterocycles. The van der Waals surface area contributed by atoms with Gasteiger partial charge in [-0.15, -0.1) is 0 Å². The van der Waals surface area contributed by atoms with Crippen LogP contribution in [0.15, 0.2) is 67.3 Å². The highest BCUT2D eigenvalue weighted by Gasteiger charge is 2.31. The van der Waals surface area contributed by atoms with Gasteiger partial charge >= 0.3 is 0 Å². The number of imidazole rings is 1. The monoisotopic (exact) mass is 435 g/mol. The largest absolute Gasteiger partial charge is 0.492 e. The molecule has 2 heterocycles. The van der Waals surface area contributed by atoms with Gasteiger partial charge in [0.25, 0.3) is 0 Å². The van der Waals surface area contributed by atoms with Crippen molar-refractivity contribution in [2.24, 2.45) is 0 Å². The van der Waals surface area contributed by atoms with E-state index in [-0.39, 0.29) is 0 Å². The van der Waals surface area contributed by atoms with Crippen LogP contribution in [0.2, 0.25) is 0 Å². The third-order valence-electron chi connectivity index (χ3n) is 6.02. The van der Waals surface area contributed by atoms with Crippen molar-refractivity contribution in [1.82, 2.24) is 14.5 Å². The molecule has 1 atom stereocenters. The second-order valence-corrected chi connectivity index (χ2v) is 8.75. The van der Waals surface area contributed by atoms with Crippen LogP contribution in [0.5, 0.6) is 11.5 Å². The molecule has 2 aromatic carbocycles. The normalized spacial score (nSPS) is 19.4. The fourth-order valence-electron chi connectivity index (χ4n) is 4.07. The molecule has 32 heavy (non-hydrogen) atoms. The molecule has 1 aliphatic heterocycles. The summed E-state index contributed by atoms with van der Waals surface area (Å²) in [7, 11) is 0. The SMILES string of the molecule is Cc1ccc(OCC2(O)CCCN(Cc3cccc(OCCn4ccnc4)c3)CC2)cc1. The lowest BCUT2D eigenvalue weighted by molar-refractivity contribution is -0.0168. The van der Waals surface area contributed by atoms with Crippen molar-refractivity contribution < 1.29 is 14.6 Å². The topological polar surface area (TPSA) is 59.8 Å². The van der Waals surface area contributed by atoms with Crippen LogP contribution in [0.25, 0.3) is 0 Å². The quantitative estimate of drug-likeness (QED) is 0.549. The molecule has 0 spiro atoms. The van der Waals surface area contributed by atoms with Gasteiger partial charge in [-0.3, -0.25) is 4.90 Å². The molecule has 1 aliphatic rings. The molecular formula is C26H33N3O3. The summed E-state index contributed by atoms with van der Waals surface area (Å²) in [4.78, 5) is 6.46. The lowest BCUT2D eigenvalue weighted by Crippen LogP contribution is -2.37. The van der Waals surface area contributed by atoms with Crippen LogP contribution in [-0.4, -0.2) is 51.5 Å². The van der Waals surface area contributed by atoms with Crippen molar-refractivity contribution in [1.29, 1.82) is 0 Å². The Labute approximate surface area is 190 Å². The van der Waals surface area contributed by atoms with Crippen molar-refractivity contribution in [3.63, 3.8) is 0 Å². The Hall–Kier alpha value is -2.83. The van der Waals surface area contributed by atoms with Gasteiger partial charge in [0.2, 0.25) is 0 Å². The molecule has 1 saturated heterocycles. The van der Waals surface area contributed by atoms with Gasteiger partial charge in [-0.1, -0.05) is 29.8 Å². The van der Waals surface area contributed by atoms with E-state index in [1.807, 2.05) is 47.2 Å². The number of rotatable bonds is 9. The molecule has 1 unspecified atom stereocenters. The van der Waals surface area contributed by atoms with Crippen LogP contribution in [0.3, 0.4) is 0 Å². The van der Waals surface area contributed by atoms with Gasteiger partial charge in [0.15, 0.2) is 0 Å². The maximum absolute atomic E-state index is 11.1. The van der Waals surface area contributed by atoms with Crippen molar-refractivity contribution in [2.45, 2.75) is 44.9 Å². The number of aryl methyl sites for hydroxylation is 1. The molecule has 1 fully saturated rings. The molecule has 170 valence electrons. The summed E-state index contributed by atoms with van der Waals surface area (Å²) in [5.74, 6) is 1.70. The van der Waals surface area contributed by atoms with E-state index in [9.17, 15) is 5.11 Å². The Morgan fingerprint density at radius 3 is 2.72 bits per heavy atom. The first-order valence-electron chi connectivity index (χ1n) is 11.4. The number of nitrogens with zero attached hydrogens (tertiary/aromatic N) is 3. The minimum atomic E-state index is -0.780. The van der Waals surface area contributed by atoms with E-state index in [1.165, 1.54) is 11.1 Å². The molecule has 0 radical (unpaired) electrons. The van der Waals surface area contributed by atoms with Crippen LogP contribution in [-0.2, 0) is 13.1 Å². The molecule has 6 heteroatoms. The maximum Gasteiger partial charge on any atom is 0.119 e. The summed E-state index contributed by atoms with van der Waals surface area (Å²) in [5, 5.41) is 11.1.